The lowest BCUT2D eigenvalue weighted by Crippen LogP contribution is -2.27. The molecule has 1 N–H and O–H groups in total. The van der Waals surface area contributed by atoms with Crippen molar-refractivity contribution in [2.24, 2.45) is 0 Å². The first-order valence-corrected chi connectivity index (χ1v) is 6.47. The molecule has 0 spiro atoms. The van der Waals surface area contributed by atoms with Gasteiger partial charge in [0.25, 0.3) is 5.91 Å². The number of amides is 1. The third kappa shape index (κ3) is 3.15. The number of aromatic nitrogens is 1. The van der Waals surface area contributed by atoms with Crippen molar-refractivity contribution in [3.63, 3.8) is 0 Å². The first kappa shape index (κ1) is 14.1. The van der Waals surface area contributed by atoms with Crippen molar-refractivity contribution < 1.29 is 9.53 Å². The number of methoxy groups -OCH3 is 1. The van der Waals surface area contributed by atoms with Crippen LogP contribution < -0.4 is 10.1 Å². The molecule has 0 radical (unpaired) electrons. The molecule has 104 valence electrons. The number of ether oxygens (including phenoxy) is 1. The van der Waals surface area contributed by atoms with Crippen LogP contribution >= 0.6 is 0 Å². The van der Waals surface area contributed by atoms with E-state index in [4.69, 9.17) is 4.74 Å². The van der Waals surface area contributed by atoms with Crippen molar-refractivity contribution in [3.05, 3.63) is 59.4 Å². The molecule has 0 aliphatic carbocycles. The largest absolute Gasteiger partial charge is 0.496 e. The molecule has 1 aromatic carbocycles. The van der Waals surface area contributed by atoms with Gasteiger partial charge in [-0.2, -0.15) is 0 Å². The van der Waals surface area contributed by atoms with E-state index in [2.05, 4.69) is 10.3 Å². The maximum Gasteiger partial charge on any atom is 0.253 e. The monoisotopic (exact) mass is 270 g/mol. The molecule has 0 saturated carbocycles. The van der Waals surface area contributed by atoms with Crippen LogP contribution in [0.1, 0.15) is 34.5 Å². The number of hydrogen-bond donors (Lipinski definition) is 1. The fraction of sp³-hybridized carbons (Fsp3) is 0.250. The summed E-state index contributed by atoms with van der Waals surface area (Å²) in [6.07, 6.45) is 3.29. The van der Waals surface area contributed by atoms with E-state index in [1.54, 1.807) is 19.5 Å². The van der Waals surface area contributed by atoms with Crippen LogP contribution in [0.5, 0.6) is 5.75 Å². The molecule has 1 aromatic heterocycles. The summed E-state index contributed by atoms with van der Waals surface area (Å²) in [6.45, 7) is 3.84. The van der Waals surface area contributed by atoms with Crippen LogP contribution in [-0.2, 0) is 0 Å². The second kappa shape index (κ2) is 6.19. The summed E-state index contributed by atoms with van der Waals surface area (Å²) in [6, 6.07) is 9.33. The minimum absolute atomic E-state index is 0.139. The Kier molecular flexibility index (Phi) is 4.35. The molecule has 0 saturated heterocycles. The fourth-order valence-corrected chi connectivity index (χ4v) is 2.06. The molecule has 1 atom stereocenters. The van der Waals surface area contributed by atoms with Crippen molar-refractivity contribution in [1.29, 1.82) is 0 Å². The molecule has 0 bridgehead atoms. The third-order valence-corrected chi connectivity index (χ3v) is 3.09. The second-order valence-corrected chi connectivity index (χ2v) is 4.69. The number of benzene rings is 1. The van der Waals surface area contributed by atoms with Crippen molar-refractivity contribution in [2.75, 3.05) is 7.11 Å². The topological polar surface area (TPSA) is 51.2 Å². The third-order valence-electron chi connectivity index (χ3n) is 3.09. The van der Waals surface area contributed by atoms with Gasteiger partial charge in [0.05, 0.1) is 18.7 Å². The standard InChI is InChI=1S/C16H18N2O2/c1-11-8-13(10-17-9-11)16(19)18-12(2)14-6-4-5-7-15(14)20-3/h4-10,12H,1-3H3,(H,18,19). The Morgan fingerprint density at radius 1 is 1.30 bits per heavy atom. The van der Waals surface area contributed by atoms with Gasteiger partial charge in [-0.05, 0) is 31.5 Å². The predicted octanol–water partition coefficient (Wildman–Crippen LogP) is 2.89. The summed E-state index contributed by atoms with van der Waals surface area (Å²) >= 11 is 0. The molecule has 4 nitrogen and oxygen atoms in total. The number of carbonyl (C=O) groups is 1. The van der Waals surface area contributed by atoms with E-state index in [0.29, 0.717) is 5.56 Å². The van der Waals surface area contributed by atoms with Gasteiger partial charge in [0.1, 0.15) is 5.75 Å². The van der Waals surface area contributed by atoms with Crippen LogP contribution in [0.25, 0.3) is 0 Å². The van der Waals surface area contributed by atoms with Crippen molar-refractivity contribution in [3.8, 4) is 5.75 Å². The minimum atomic E-state index is -0.140. The molecule has 4 heteroatoms. The fourth-order valence-electron chi connectivity index (χ4n) is 2.06. The molecule has 1 heterocycles. The molecule has 20 heavy (non-hydrogen) atoms. The first-order chi connectivity index (χ1) is 9.61. The highest BCUT2D eigenvalue weighted by atomic mass is 16.5. The molecular formula is C16H18N2O2. The lowest BCUT2D eigenvalue weighted by atomic mass is 10.1. The van der Waals surface area contributed by atoms with Gasteiger partial charge in [0, 0.05) is 18.0 Å². The first-order valence-electron chi connectivity index (χ1n) is 6.47. The van der Waals surface area contributed by atoms with Crippen molar-refractivity contribution >= 4 is 5.91 Å². The number of pyridine rings is 1. The van der Waals surface area contributed by atoms with Crippen LogP contribution in [-0.4, -0.2) is 18.0 Å². The van der Waals surface area contributed by atoms with Crippen molar-refractivity contribution in [1.82, 2.24) is 10.3 Å². The summed E-state index contributed by atoms with van der Waals surface area (Å²) in [4.78, 5) is 16.2. The Balaban J connectivity index is 2.15. The summed E-state index contributed by atoms with van der Waals surface area (Å²) in [5.41, 5.74) is 2.47. The van der Waals surface area contributed by atoms with E-state index < -0.39 is 0 Å². The summed E-state index contributed by atoms with van der Waals surface area (Å²) in [7, 11) is 1.62. The van der Waals surface area contributed by atoms with E-state index in [1.807, 2.05) is 44.2 Å². The normalized spacial score (nSPS) is 11.8. The Bertz CT molecular complexity index is 611. The minimum Gasteiger partial charge on any atom is -0.496 e. The molecule has 1 unspecified atom stereocenters. The van der Waals surface area contributed by atoms with E-state index in [1.165, 1.54) is 0 Å². The number of rotatable bonds is 4. The van der Waals surface area contributed by atoms with E-state index in [0.717, 1.165) is 16.9 Å². The Labute approximate surface area is 118 Å². The average Bonchev–Trinajstić information content (AvgIpc) is 2.47. The second-order valence-electron chi connectivity index (χ2n) is 4.69. The molecule has 0 fully saturated rings. The lowest BCUT2D eigenvalue weighted by molar-refractivity contribution is 0.0939. The smallest absolute Gasteiger partial charge is 0.253 e. The Hall–Kier alpha value is -2.36. The van der Waals surface area contributed by atoms with Crippen LogP contribution in [0.2, 0.25) is 0 Å². The van der Waals surface area contributed by atoms with Gasteiger partial charge >= 0.3 is 0 Å². The number of carbonyl (C=O) groups excluding carboxylic acids is 1. The van der Waals surface area contributed by atoms with Crippen LogP contribution in [0.3, 0.4) is 0 Å². The van der Waals surface area contributed by atoms with Crippen molar-refractivity contribution in [2.45, 2.75) is 19.9 Å². The zero-order chi connectivity index (χ0) is 14.5. The quantitative estimate of drug-likeness (QED) is 0.929. The Morgan fingerprint density at radius 3 is 2.75 bits per heavy atom. The number of para-hydroxylation sites is 1. The molecule has 0 aliphatic rings. The summed E-state index contributed by atoms with van der Waals surface area (Å²) in [5, 5.41) is 2.96. The number of aryl methyl sites for hydroxylation is 1. The summed E-state index contributed by atoms with van der Waals surface area (Å²) < 4.78 is 5.31. The number of hydrogen-bond acceptors (Lipinski definition) is 3. The van der Waals surface area contributed by atoms with Crippen LogP contribution in [0.4, 0.5) is 0 Å². The number of nitrogens with zero attached hydrogens (tertiary/aromatic N) is 1. The summed E-state index contributed by atoms with van der Waals surface area (Å²) in [5.74, 6) is 0.627. The molecule has 2 aromatic rings. The maximum absolute atomic E-state index is 12.2. The SMILES string of the molecule is COc1ccccc1C(C)NC(=O)c1cncc(C)c1. The highest BCUT2D eigenvalue weighted by Crippen LogP contribution is 2.24. The van der Waals surface area contributed by atoms with Gasteiger partial charge in [-0.25, -0.2) is 0 Å². The van der Waals surface area contributed by atoms with E-state index in [-0.39, 0.29) is 11.9 Å². The van der Waals surface area contributed by atoms with Gasteiger partial charge in [-0.1, -0.05) is 18.2 Å². The Morgan fingerprint density at radius 2 is 2.05 bits per heavy atom. The molecular weight excluding hydrogens is 252 g/mol. The highest BCUT2D eigenvalue weighted by Gasteiger charge is 2.14. The van der Waals surface area contributed by atoms with Gasteiger partial charge in [-0.15, -0.1) is 0 Å². The van der Waals surface area contributed by atoms with E-state index in [9.17, 15) is 4.79 Å². The molecule has 0 aliphatic heterocycles. The highest BCUT2D eigenvalue weighted by molar-refractivity contribution is 5.94. The van der Waals surface area contributed by atoms with Crippen LogP contribution in [0.15, 0.2) is 42.7 Å². The van der Waals surface area contributed by atoms with Crippen LogP contribution in [0, 0.1) is 6.92 Å². The van der Waals surface area contributed by atoms with E-state index >= 15 is 0 Å². The molecule has 2 rings (SSSR count). The van der Waals surface area contributed by atoms with Gasteiger partial charge in [0.2, 0.25) is 0 Å². The number of nitrogens with one attached hydrogen (secondary N) is 1. The van der Waals surface area contributed by atoms with Gasteiger partial charge in [0.15, 0.2) is 0 Å². The van der Waals surface area contributed by atoms with Gasteiger partial charge < -0.3 is 10.1 Å². The van der Waals surface area contributed by atoms with Gasteiger partial charge in [-0.3, -0.25) is 9.78 Å². The average molecular weight is 270 g/mol. The zero-order valence-corrected chi connectivity index (χ0v) is 11.9. The lowest BCUT2D eigenvalue weighted by Gasteiger charge is -2.17. The predicted molar refractivity (Wildman–Crippen MR) is 77.8 cm³/mol. The zero-order valence-electron chi connectivity index (χ0n) is 11.9. The molecule has 1 amide bonds. The maximum atomic E-state index is 12.2.